The molecule has 0 fully saturated rings. The SMILES string of the molecule is Cc1cn2c(CO)c(-c3ccc(Br)cc3)nc2s1. The minimum atomic E-state index is -0.0112. The van der Waals surface area contributed by atoms with E-state index in [0.29, 0.717) is 0 Å². The third-order valence-electron chi connectivity index (χ3n) is 2.81. The number of thiazole rings is 1. The number of fused-ring (bicyclic) bond motifs is 1. The van der Waals surface area contributed by atoms with Crippen LogP contribution in [-0.2, 0) is 6.61 Å². The Kier molecular flexibility index (Phi) is 2.97. The molecule has 0 atom stereocenters. The van der Waals surface area contributed by atoms with Crippen molar-refractivity contribution in [3.8, 4) is 11.3 Å². The average molecular weight is 323 g/mol. The Morgan fingerprint density at radius 1 is 1.33 bits per heavy atom. The van der Waals surface area contributed by atoms with Crippen molar-refractivity contribution < 1.29 is 5.11 Å². The van der Waals surface area contributed by atoms with Gasteiger partial charge in [-0.2, -0.15) is 0 Å². The zero-order chi connectivity index (χ0) is 12.7. The summed E-state index contributed by atoms with van der Waals surface area (Å²) in [6.07, 6.45) is 2.01. The van der Waals surface area contributed by atoms with Crippen molar-refractivity contribution in [1.82, 2.24) is 9.38 Å². The summed E-state index contributed by atoms with van der Waals surface area (Å²) in [5, 5.41) is 9.57. The highest BCUT2D eigenvalue weighted by atomic mass is 79.9. The minimum Gasteiger partial charge on any atom is -0.390 e. The van der Waals surface area contributed by atoms with Gasteiger partial charge >= 0.3 is 0 Å². The van der Waals surface area contributed by atoms with Crippen molar-refractivity contribution in [2.75, 3.05) is 0 Å². The summed E-state index contributed by atoms with van der Waals surface area (Å²) in [4.78, 5) is 6.73. The van der Waals surface area contributed by atoms with Crippen LogP contribution in [0.5, 0.6) is 0 Å². The first-order chi connectivity index (χ1) is 8.69. The van der Waals surface area contributed by atoms with E-state index in [1.807, 2.05) is 41.8 Å². The quantitative estimate of drug-likeness (QED) is 0.782. The van der Waals surface area contributed by atoms with Gasteiger partial charge in [0.25, 0.3) is 0 Å². The van der Waals surface area contributed by atoms with Gasteiger partial charge in [-0.15, -0.1) is 11.3 Å². The number of halogens is 1. The molecule has 0 aliphatic carbocycles. The lowest BCUT2D eigenvalue weighted by Gasteiger charge is -2.01. The maximum Gasteiger partial charge on any atom is 0.194 e. The molecular weight excluding hydrogens is 312 g/mol. The Balaban J connectivity index is 2.22. The molecule has 0 unspecified atom stereocenters. The van der Waals surface area contributed by atoms with E-state index in [1.165, 1.54) is 4.88 Å². The standard InChI is InChI=1S/C13H11BrN2OS/c1-8-6-16-11(7-17)12(15-13(16)18-8)9-2-4-10(14)5-3-9/h2-6,17H,7H2,1H3. The highest BCUT2D eigenvalue weighted by Crippen LogP contribution is 2.29. The molecule has 2 heterocycles. The second-order valence-corrected chi connectivity index (χ2v) is 6.20. The van der Waals surface area contributed by atoms with E-state index in [0.717, 1.165) is 26.4 Å². The van der Waals surface area contributed by atoms with Crippen molar-refractivity contribution in [3.63, 3.8) is 0 Å². The van der Waals surface area contributed by atoms with Gasteiger partial charge in [0.05, 0.1) is 18.0 Å². The largest absolute Gasteiger partial charge is 0.390 e. The molecule has 0 aliphatic heterocycles. The molecule has 5 heteroatoms. The summed E-state index contributed by atoms with van der Waals surface area (Å²) in [6.45, 7) is 2.03. The molecule has 0 aliphatic rings. The predicted molar refractivity (Wildman–Crippen MR) is 76.9 cm³/mol. The van der Waals surface area contributed by atoms with E-state index in [2.05, 4.69) is 20.9 Å². The van der Waals surface area contributed by atoms with Gasteiger partial charge < -0.3 is 5.11 Å². The fourth-order valence-electron chi connectivity index (χ4n) is 1.99. The lowest BCUT2D eigenvalue weighted by molar-refractivity contribution is 0.276. The average Bonchev–Trinajstić information content (AvgIpc) is 2.85. The Morgan fingerprint density at radius 2 is 2.06 bits per heavy atom. The van der Waals surface area contributed by atoms with Crippen LogP contribution >= 0.6 is 27.3 Å². The zero-order valence-electron chi connectivity index (χ0n) is 9.72. The maximum absolute atomic E-state index is 9.57. The summed E-state index contributed by atoms with van der Waals surface area (Å²) < 4.78 is 3.01. The maximum atomic E-state index is 9.57. The van der Waals surface area contributed by atoms with Crippen LogP contribution in [-0.4, -0.2) is 14.5 Å². The molecule has 0 saturated heterocycles. The molecule has 3 rings (SSSR count). The van der Waals surface area contributed by atoms with Gasteiger partial charge in [-0.3, -0.25) is 4.40 Å². The van der Waals surface area contributed by atoms with Crippen molar-refractivity contribution in [1.29, 1.82) is 0 Å². The van der Waals surface area contributed by atoms with Gasteiger partial charge in [0.1, 0.15) is 0 Å². The number of imidazole rings is 1. The minimum absolute atomic E-state index is 0.0112. The monoisotopic (exact) mass is 322 g/mol. The van der Waals surface area contributed by atoms with Crippen molar-refractivity contribution in [2.45, 2.75) is 13.5 Å². The number of aryl methyl sites for hydroxylation is 1. The van der Waals surface area contributed by atoms with Crippen LogP contribution in [0.4, 0.5) is 0 Å². The number of hydrogen-bond donors (Lipinski definition) is 1. The number of aliphatic hydroxyl groups excluding tert-OH is 1. The molecule has 3 nitrogen and oxygen atoms in total. The van der Waals surface area contributed by atoms with Crippen molar-refractivity contribution in [3.05, 3.63) is 45.5 Å². The van der Waals surface area contributed by atoms with Gasteiger partial charge in [0.2, 0.25) is 0 Å². The van der Waals surface area contributed by atoms with E-state index in [1.54, 1.807) is 11.3 Å². The highest BCUT2D eigenvalue weighted by Gasteiger charge is 2.14. The summed E-state index contributed by atoms with van der Waals surface area (Å²) in [5.41, 5.74) is 2.73. The van der Waals surface area contributed by atoms with Gasteiger partial charge in [-0.05, 0) is 19.1 Å². The second-order valence-electron chi connectivity index (χ2n) is 4.07. The Morgan fingerprint density at radius 3 is 2.72 bits per heavy atom. The summed E-state index contributed by atoms with van der Waals surface area (Å²) in [7, 11) is 0. The van der Waals surface area contributed by atoms with Crippen molar-refractivity contribution in [2.24, 2.45) is 0 Å². The third kappa shape index (κ3) is 1.88. The van der Waals surface area contributed by atoms with Gasteiger partial charge in [0, 0.05) is 21.1 Å². The fourth-order valence-corrected chi connectivity index (χ4v) is 3.10. The number of benzene rings is 1. The van der Waals surface area contributed by atoms with Gasteiger partial charge in [-0.25, -0.2) is 4.98 Å². The first kappa shape index (κ1) is 11.9. The lowest BCUT2D eigenvalue weighted by atomic mass is 10.1. The number of rotatable bonds is 2. The summed E-state index contributed by atoms with van der Waals surface area (Å²) >= 11 is 5.05. The Hall–Kier alpha value is -1.17. The molecule has 0 amide bonds. The molecular formula is C13H11BrN2OS. The molecule has 92 valence electrons. The Bertz CT molecular complexity index is 700. The van der Waals surface area contributed by atoms with Crippen LogP contribution in [0.2, 0.25) is 0 Å². The van der Waals surface area contributed by atoms with Crippen LogP contribution in [0.25, 0.3) is 16.2 Å². The molecule has 3 aromatic rings. The lowest BCUT2D eigenvalue weighted by Crippen LogP contribution is -1.92. The van der Waals surface area contributed by atoms with E-state index < -0.39 is 0 Å². The second kappa shape index (κ2) is 4.50. The van der Waals surface area contributed by atoms with Crippen LogP contribution in [0.3, 0.4) is 0 Å². The first-order valence-electron chi connectivity index (χ1n) is 5.53. The van der Waals surface area contributed by atoms with Crippen molar-refractivity contribution >= 4 is 32.2 Å². The summed E-state index contributed by atoms with van der Waals surface area (Å²) in [5.74, 6) is 0. The highest BCUT2D eigenvalue weighted by molar-refractivity contribution is 9.10. The summed E-state index contributed by atoms with van der Waals surface area (Å²) in [6, 6.07) is 7.97. The van der Waals surface area contributed by atoms with Gasteiger partial charge in [-0.1, -0.05) is 28.1 Å². The fraction of sp³-hybridized carbons (Fsp3) is 0.154. The number of nitrogens with zero attached hydrogens (tertiary/aromatic N) is 2. The molecule has 1 aromatic carbocycles. The van der Waals surface area contributed by atoms with Crippen LogP contribution < -0.4 is 0 Å². The number of aromatic nitrogens is 2. The molecule has 0 radical (unpaired) electrons. The Labute approximate surface area is 117 Å². The predicted octanol–water partition coefficient (Wildman–Crippen LogP) is 3.63. The molecule has 0 spiro atoms. The van der Waals surface area contributed by atoms with E-state index in [-0.39, 0.29) is 6.61 Å². The first-order valence-corrected chi connectivity index (χ1v) is 7.14. The van der Waals surface area contributed by atoms with E-state index >= 15 is 0 Å². The third-order valence-corrected chi connectivity index (χ3v) is 4.23. The molecule has 18 heavy (non-hydrogen) atoms. The molecule has 1 N–H and O–H groups in total. The van der Waals surface area contributed by atoms with Crippen LogP contribution in [0.1, 0.15) is 10.6 Å². The van der Waals surface area contributed by atoms with E-state index in [9.17, 15) is 5.11 Å². The van der Waals surface area contributed by atoms with E-state index in [4.69, 9.17) is 0 Å². The smallest absolute Gasteiger partial charge is 0.194 e. The molecule has 2 aromatic heterocycles. The topological polar surface area (TPSA) is 37.5 Å². The van der Waals surface area contributed by atoms with Crippen LogP contribution in [0, 0.1) is 6.92 Å². The number of aliphatic hydroxyl groups is 1. The normalized spacial score (nSPS) is 11.3. The van der Waals surface area contributed by atoms with Gasteiger partial charge in [0.15, 0.2) is 4.96 Å². The number of hydrogen-bond acceptors (Lipinski definition) is 3. The zero-order valence-corrected chi connectivity index (χ0v) is 12.1. The molecule has 0 bridgehead atoms. The van der Waals surface area contributed by atoms with Crippen LogP contribution in [0.15, 0.2) is 34.9 Å². The molecule has 0 saturated carbocycles.